The van der Waals surface area contributed by atoms with Crippen molar-refractivity contribution in [1.29, 1.82) is 0 Å². The summed E-state index contributed by atoms with van der Waals surface area (Å²) in [5, 5.41) is 7.28. The number of nitrogen functional groups attached to an aromatic ring is 1. The largest absolute Gasteiger partial charge is 0.369 e. The molecule has 2 aromatic heterocycles. The molecule has 1 amide bonds. The molecule has 2 aliphatic heterocycles. The summed E-state index contributed by atoms with van der Waals surface area (Å²) in [6.45, 7) is 11.0. The molecule has 2 saturated heterocycles. The van der Waals surface area contributed by atoms with E-state index in [1.807, 2.05) is 42.7 Å². The lowest BCUT2D eigenvalue weighted by Gasteiger charge is -2.39. The Kier molecular flexibility index (Phi) is 10.3. The van der Waals surface area contributed by atoms with Crippen LogP contribution >= 0.6 is 0 Å². The van der Waals surface area contributed by atoms with Crippen LogP contribution < -0.4 is 26.6 Å². The zero-order valence-corrected chi connectivity index (χ0v) is 26.0. The number of nitrogens with one attached hydrogen (secondary N) is 1. The summed E-state index contributed by atoms with van der Waals surface area (Å²) in [7, 11) is 0. The number of hydrogen-bond donors (Lipinski definition) is 3. The van der Waals surface area contributed by atoms with Gasteiger partial charge in [-0.15, -0.1) is 0 Å². The van der Waals surface area contributed by atoms with Crippen molar-refractivity contribution in [2.75, 3.05) is 68.1 Å². The first-order valence-electron chi connectivity index (χ1n) is 15.2. The first-order valence-corrected chi connectivity index (χ1v) is 15.2. The third-order valence-electron chi connectivity index (χ3n) is 8.03. The van der Waals surface area contributed by atoms with E-state index in [-0.39, 0.29) is 24.7 Å². The molecule has 2 aliphatic rings. The Labute approximate surface area is 262 Å². The Morgan fingerprint density at radius 3 is 2.44 bits per heavy atom. The Balaban J connectivity index is 1.10. The van der Waals surface area contributed by atoms with Crippen LogP contribution in [0.3, 0.4) is 0 Å². The summed E-state index contributed by atoms with van der Waals surface area (Å²) >= 11 is 0. The van der Waals surface area contributed by atoms with Crippen molar-refractivity contribution in [3.8, 4) is 5.82 Å². The van der Waals surface area contributed by atoms with Gasteiger partial charge in [-0.25, -0.2) is 13.5 Å². The van der Waals surface area contributed by atoms with Crippen molar-refractivity contribution in [3.05, 3.63) is 59.4 Å². The minimum absolute atomic E-state index is 0.0539. The molecule has 1 atom stereocenters. The maximum Gasteiger partial charge on any atom is 0.238 e. The number of rotatable bonds is 12. The summed E-state index contributed by atoms with van der Waals surface area (Å²) in [6, 6.07) is 4.94. The Bertz CT molecular complexity index is 1480. The van der Waals surface area contributed by atoms with Crippen molar-refractivity contribution in [3.63, 3.8) is 0 Å². The normalized spacial score (nSPS) is 16.9. The van der Waals surface area contributed by atoms with E-state index < -0.39 is 17.7 Å². The number of nitrogens with two attached hydrogens (primary N) is 2. The monoisotopic (exact) mass is 624 g/mol. The standard InChI is InChI=1S/C31H42F2N10O2/c1-20(2)11-27(34)30(44)36-19-45-26-17-42(18-26)28-15-29(39-31(35)38-28)43-21(3)22(16-37-43)5-4-6-40-7-9-41(10-8-40)25-13-23(32)12-24(33)14-25/h4-5,12-16,20,26-27H,6-11,17-19,34H2,1-3H3,(H,36,44)(H2,35,38,39)/b5-4+. The number of anilines is 3. The number of carbonyl (C=O) groups excluding carboxylic acids is 1. The van der Waals surface area contributed by atoms with Crippen molar-refractivity contribution in [2.24, 2.45) is 11.7 Å². The first kappa shape index (κ1) is 32.3. The van der Waals surface area contributed by atoms with Crippen molar-refractivity contribution >= 4 is 29.4 Å². The maximum absolute atomic E-state index is 13.6. The number of carbonyl (C=O) groups is 1. The van der Waals surface area contributed by atoms with Gasteiger partial charge >= 0.3 is 0 Å². The van der Waals surface area contributed by atoms with Crippen LogP contribution in [-0.4, -0.2) is 95.2 Å². The van der Waals surface area contributed by atoms with Crippen molar-refractivity contribution < 1.29 is 18.3 Å². The highest BCUT2D eigenvalue weighted by atomic mass is 19.1. The van der Waals surface area contributed by atoms with Gasteiger partial charge in [-0.1, -0.05) is 26.0 Å². The Morgan fingerprint density at radius 1 is 1.07 bits per heavy atom. The van der Waals surface area contributed by atoms with Crippen LogP contribution in [0.25, 0.3) is 11.9 Å². The van der Waals surface area contributed by atoms with E-state index in [9.17, 15) is 13.6 Å². The van der Waals surface area contributed by atoms with Gasteiger partial charge in [-0.05, 0) is 31.4 Å². The number of piperazine rings is 1. The van der Waals surface area contributed by atoms with E-state index in [1.165, 1.54) is 12.1 Å². The lowest BCUT2D eigenvalue weighted by molar-refractivity contribution is -0.125. The second-order valence-electron chi connectivity index (χ2n) is 12.0. The molecule has 4 heterocycles. The maximum atomic E-state index is 13.6. The predicted molar refractivity (Wildman–Crippen MR) is 170 cm³/mol. The highest BCUT2D eigenvalue weighted by Gasteiger charge is 2.30. The molecular formula is C31H42F2N10O2. The van der Waals surface area contributed by atoms with Crippen LogP contribution in [0.5, 0.6) is 0 Å². The first-order chi connectivity index (χ1) is 21.5. The fraction of sp³-hybridized carbons (Fsp3) is 0.484. The molecule has 1 unspecified atom stereocenters. The Hall–Kier alpha value is -4.14. The van der Waals surface area contributed by atoms with Gasteiger partial charge in [0.2, 0.25) is 11.9 Å². The van der Waals surface area contributed by atoms with Gasteiger partial charge in [-0.3, -0.25) is 9.69 Å². The smallest absolute Gasteiger partial charge is 0.238 e. The second kappa shape index (κ2) is 14.3. The summed E-state index contributed by atoms with van der Waals surface area (Å²) in [6.07, 6.45) is 6.48. The molecular weight excluding hydrogens is 582 g/mol. The van der Waals surface area contributed by atoms with Gasteiger partial charge in [0.15, 0.2) is 5.82 Å². The fourth-order valence-electron chi connectivity index (χ4n) is 5.47. The molecule has 2 fully saturated rings. The van der Waals surface area contributed by atoms with Crippen LogP contribution in [0.2, 0.25) is 0 Å². The predicted octanol–water partition coefficient (Wildman–Crippen LogP) is 2.32. The zero-order chi connectivity index (χ0) is 32.1. The highest BCUT2D eigenvalue weighted by molar-refractivity contribution is 5.81. The van der Waals surface area contributed by atoms with Crippen LogP contribution in [0.4, 0.5) is 26.2 Å². The van der Waals surface area contributed by atoms with Crippen LogP contribution in [0, 0.1) is 24.5 Å². The average molecular weight is 625 g/mol. The lowest BCUT2D eigenvalue weighted by Crippen LogP contribution is -2.54. The van der Waals surface area contributed by atoms with Gasteiger partial charge in [0.05, 0.1) is 24.0 Å². The third-order valence-corrected chi connectivity index (χ3v) is 8.03. The fourth-order valence-corrected chi connectivity index (χ4v) is 5.47. The SMILES string of the molecule is Cc1c(/C=C/CN2CCN(c3cc(F)cc(F)c3)CC2)cnn1-c1cc(N2CC(OCNC(=O)C(N)CC(C)C)C2)nc(N)n1. The summed E-state index contributed by atoms with van der Waals surface area (Å²) < 4.78 is 34.7. The molecule has 0 radical (unpaired) electrons. The molecule has 0 spiro atoms. The molecule has 242 valence electrons. The second-order valence-corrected chi connectivity index (χ2v) is 12.0. The van der Waals surface area contributed by atoms with Crippen LogP contribution in [-0.2, 0) is 9.53 Å². The number of benzene rings is 1. The van der Waals surface area contributed by atoms with Gasteiger partial charge in [0.25, 0.3) is 0 Å². The quantitative estimate of drug-likeness (QED) is 0.257. The number of aromatic nitrogens is 4. The van der Waals surface area contributed by atoms with E-state index in [0.29, 0.717) is 55.8 Å². The van der Waals surface area contributed by atoms with E-state index in [0.717, 1.165) is 37.0 Å². The van der Waals surface area contributed by atoms with E-state index in [1.54, 1.807) is 10.9 Å². The van der Waals surface area contributed by atoms with Gasteiger partial charge in [0.1, 0.15) is 24.2 Å². The van der Waals surface area contributed by atoms with E-state index >= 15 is 0 Å². The summed E-state index contributed by atoms with van der Waals surface area (Å²) in [4.78, 5) is 27.2. The van der Waals surface area contributed by atoms with E-state index in [4.69, 9.17) is 16.2 Å². The van der Waals surface area contributed by atoms with Crippen molar-refractivity contribution in [1.82, 2.24) is 30.0 Å². The molecule has 14 heteroatoms. The number of amides is 1. The van der Waals surface area contributed by atoms with Gasteiger partial charge < -0.3 is 31.3 Å². The molecule has 5 N–H and O–H groups in total. The summed E-state index contributed by atoms with van der Waals surface area (Å²) in [5.41, 5.74) is 14.4. The Morgan fingerprint density at radius 2 is 1.76 bits per heavy atom. The zero-order valence-electron chi connectivity index (χ0n) is 26.0. The molecule has 12 nitrogen and oxygen atoms in total. The number of nitrogens with zero attached hydrogens (tertiary/aromatic N) is 7. The van der Waals surface area contributed by atoms with E-state index in [2.05, 4.69) is 31.4 Å². The lowest BCUT2D eigenvalue weighted by atomic mass is 10.0. The number of hydrogen-bond acceptors (Lipinski definition) is 10. The molecule has 0 bridgehead atoms. The highest BCUT2D eigenvalue weighted by Crippen LogP contribution is 2.24. The third kappa shape index (κ3) is 8.32. The topological polar surface area (TPSA) is 144 Å². The van der Waals surface area contributed by atoms with Gasteiger partial charge in [-0.2, -0.15) is 15.1 Å². The number of ether oxygens (including phenoxy) is 1. The van der Waals surface area contributed by atoms with Crippen LogP contribution in [0.15, 0.2) is 36.5 Å². The molecule has 0 aliphatic carbocycles. The minimum atomic E-state index is -0.562. The molecule has 1 aromatic carbocycles. The average Bonchev–Trinajstić information content (AvgIpc) is 3.33. The van der Waals surface area contributed by atoms with Gasteiger partial charge in [0, 0.05) is 69.2 Å². The minimum Gasteiger partial charge on any atom is -0.369 e. The molecule has 45 heavy (non-hydrogen) atoms. The molecule has 3 aromatic rings. The van der Waals surface area contributed by atoms with Crippen LogP contribution in [0.1, 0.15) is 31.5 Å². The molecule has 0 saturated carbocycles. The number of halogens is 2. The van der Waals surface area contributed by atoms with Crippen molar-refractivity contribution in [2.45, 2.75) is 39.3 Å². The summed E-state index contributed by atoms with van der Waals surface area (Å²) in [5.74, 6) is 0.389. The molecule has 5 rings (SSSR count).